The van der Waals surface area contributed by atoms with Gasteiger partial charge in [0.15, 0.2) is 0 Å². The fourth-order valence-corrected chi connectivity index (χ4v) is 2.21. The molecule has 0 bridgehead atoms. The van der Waals surface area contributed by atoms with Crippen LogP contribution in [0.15, 0.2) is 40.9 Å². The van der Waals surface area contributed by atoms with Crippen LogP contribution in [0.4, 0.5) is 11.4 Å². The lowest BCUT2D eigenvalue weighted by atomic mass is 10.1. The molecule has 1 amide bonds. The van der Waals surface area contributed by atoms with E-state index >= 15 is 0 Å². The van der Waals surface area contributed by atoms with Crippen molar-refractivity contribution in [3.8, 4) is 5.75 Å². The molecule has 0 unspecified atom stereocenters. The van der Waals surface area contributed by atoms with E-state index in [-0.39, 0.29) is 5.91 Å². The number of benzene rings is 2. The molecule has 0 aliphatic heterocycles. The number of nitrogens with two attached hydrogens (primary N) is 1. The predicted molar refractivity (Wildman–Crippen MR) is 84.5 cm³/mol. The summed E-state index contributed by atoms with van der Waals surface area (Å²) in [4.78, 5) is 12.2. The van der Waals surface area contributed by atoms with E-state index < -0.39 is 0 Å². The van der Waals surface area contributed by atoms with Crippen LogP contribution in [0.25, 0.3) is 0 Å². The minimum atomic E-state index is -0.276. The number of nitrogens with one attached hydrogen (secondary N) is 1. The summed E-state index contributed by atoms with van der Waals surface area (Å²) in [5, 5.41) is 3.29. The molecule has 3 N–H and O–H groups in total. The fraction of sp³-hybridized carbons (Fsp3) is 0.0714. The van der Waals surface area contributed by atoms with E-state index in [1.165, 1.54) is 7.11 Å². The third-order valence-corrected chi connectivity index (χ3v) is 4.09. The van der Waals surface area contributed by atoms with Crippen molar-refractivity contribution in [2.45, 2.75) is 0 Å². The largest absolute Gasteiger partial charge is 0.495 e. The molecule has 0 saturated carbocycles. The Morgan fingerprint density at radius 2 is 2.10 bits per heavy atom. The highest BCUT2D eigenvalue weighted by atomic mass is 79.9. The number of nitrogen functional groups attached to an aromatic ring is 1. The van der Waals surface area contributed by atoms with E-state index in [1.54, 1.807) is 36.4 Å². The Labute approximate surface area is 130 Å². The molecular weight excluding hydrogens is 344 g/mol. The molecular formula is C14H12BrClN2O2. The lowest BCUT2D eigenvalue weighted by Gasteiger charge is -2.10. The van der Waals surface area contributed by atoms with Crippen LogP contribution in [0.1, 0.15) is 10.4 Å². The van der Waals surface area contributed by atoms with Crippen molar-refractivity contribution in [1.29, 1.82) is 0 Å². The van der Waals surface area contributed by atoms with Gasteiger partial charge in [0.2, 0.25) is 0 Å². The van der Waals surface area contributed by atoms with Crippen molar-refractivity contribution >= 4 is 44.8 Å². The molecule has 0 aromatic heterocycles. The number of anilines is 2. The molecule has 0 heterocycles. The van der Waals surface area contributed by atoms with Gasteiger partial charge in [-0.25, -0.2) is 0 Å². The van der Waals surface area contributed by atoms with Gasteiger partial charge < -0.3 is 15.8 Å². The van der Waals surface area contributed by atoms with Crippen LogP contribution < -0.4 is 15.8 Å². The smallest absolute Gasteiger partial charge is 0.255 e. The zero-order valence-corrected chi connectivity index (χ0v) is 13.0. The zero-order chi connectivity index (χ0) is 14.7. The quantitative estimate of drug-likeness (QED) is 0.820. The van der Waals surface area contributed by atoms with Crippen LogP contribution in [0.5, 0.6) is 5.75 Å². The van der Waals surface area contributed by atoms with E-state index in [0.29, 0.717) is 32.2 Å². The Kier molecular flexibility index (Phi) is 4.52. The molecule has 4 nitrogen and oxygen atoms in total. The minimum absolute atomic E-state index is 0.276. The van der Waals surface area contributed by atoms with Crippen molar-refractivity contribution in [2.24, 2.45) is 0 Å². The Balaban J connectivity index is 2.24. The Bertz CT molecular complexity index is 662. The number of hydrogen-bond donors (Lipinski definition) is 2. The molecule has 0 radical (unpaired) electrons. The fourth-order valence-electron chi connectivity index (χ4n) is 1.67. The first-order valence-corrected chi connectivity index (χ1v) is 6.89. The van der Waals surface area contributed by atoms with Crippen molar-refractivity contribution in [3.63, 3.8) is 0 Å². The van der Waals surface area contributed by atoms with Crippen molar-refractivity contribution < 1.29 is 9.53 Å². The third kappa shape index (κ3) is 3.05. The number of carbonyl (C=O) groups excluding carboxylic acids is 1. The standard InChI is InChI=1S/C14H12BrClN2O2/c1-20-12-6-5-8(7-10(12)17)14(19)18-11-4-2-3-9(16)13(11)15/h2-7H,17H2,1H3,(H,18,19). The summed E-state index contributed by atoms with van der Waals surface area (Å²) in [6.45, 7) is 0. The number of hydrogen-bond acceptors (Lipinski definition) is 3. The average Bonchev–Trinajstić information content (AvgIpc) is 2.43. The first kappa shape index (κ1) is 14.7. The van der Waals surface area contributed by atoms with Gasteiger partial charge in [0.1, 0.15) is 5.75 Å². The van der Waals surface area contributed by atoms with Gasteiger partial charge in [-0.15, -0.1) is 0 Å². The van der Waals surface area contributed by atoms with Crippen LogP contribution in [-0.2, 0) is 0 Å². The van der Waals surface area contributed by atoms with Gasteiger partial charge in [-0.05, 0) is 46.3 Å². The predicted octanol–water partition coefficient (Wildman–Crippen LogP) is 3.95. The van der Waals surface area contributed by atoms with Gasteiger partial charge in [0.05, 0.1) is 28.0 Å². The summed E-state index contributed by atoms with van der Waals surface area (Å²) in [6, 6.07) is 10.1. The molecule has 2 aromatic carbocycles. The highest BCUT2D eigenvalue weighted by molar-refractivity contribution is 9.10. The first-order chi connectivity index (χ1) is 9.52. The molecule has 0 aliphatic rings. The summed E-state index contributed by atoms with van der Waals surface area (Å²) >= 11 is 9.30. The van der Waals surface area contributed by atoms with Gasteiger partial charge in [-0.2, -0.15) is 0 Å². The number of amides is 1. The summed E-state index contributed by atoms with van der Waals surface area (Å²) in [5.74, 6) is 0.257. The maximum atomic E-state index is 12.2. The lowest BCUT2D eigenvalue weighted by Crippen LogP contribution is -2.12. The molecule has 0 saturated heterocycles. The van der Waals surface area contributed by atoms with Crippen LogP contribution >= 0.6 is 27.5 Å². The highest BCUT2D eigenvalue weighted by Crippen LogP contribution is 2.30. The SMILES string of the molecule is COc1ccc(C(=O)Nc2cccc(Cl)c2Br)cc1N. The van der Waals surface area contributed by atoms with E-state index in [9.17, 15) is 4.79 Å². The average molecular weight is 356 g/mol. The molecule has 0 atom stereocenters. The minimum Gasteiger partial charge on any atom is -0.495 e. The number of halogens is 2. The number of methoxy groups -OCH3 is 1. The van der Waals surface area contributed by atoms with E-state index in [4.69, 9.17) is 22.1 Å². The third-order valence-electron chi connectivity index (χ3n) is 2.69. The van der Waals surface area contributed by atoms with Gasteiger partial charge >= 0.3 is 0 Å². The summed E-state index contributed by atoms with van der Waals surface area (Å²) in [7, 11) is 1.52. The zero-order valence-electron chi connectivity index (χ0n) is 10.6. The monoisotopic (exact) mass is 354 g/mol. The van der Waals surface area contributed by atoms with Crippen LogP contribution in [0.3, 0.4) is 0 Å². The molecule has 6 heteroatoms. The summed E-state index contributed by atoms with van der Waals surface area (Å²) in [6.07, 6.45) is 0. The Morgan fingerprint density at radius 1 is 1.35 bits per heavy atom. The van der Waals surface area contributed by atoms with Crippen molar-refractivity contribution in [3.05, 3.63) is 51.5 Å². The Morgan fingerprint density at radius 3 is 2.75 bits per heavy atom. The van der Waals surface area contributed by atoms with Crippen LogP contribution in [0.2, 0.25) is 5.02 Å². The van der Waals surface area contributed by atoms with Crippen LogP contribution in [-0.4, -0.2) is 13.0 Å². The van der Waals surface area contributed by atoms with E-state index in [1.807, 2.05) is 0 Å². The first-order valence-electron chi connectivity index (χ1n) is 5.72. The Hall–Kier alpha value is -1.72. The van der Waals surface area contributed by atoms with Gasteiger partial charge in [-0.3, -0.25) is 4.79 Å². The van der Waals surface area contributed by atoms with Gasteiger partial charge in [0.25, 0.3) is 5.91 Å². The highest BCUT2D eigenvalue weighted by Gasteiger charge is 2.11. The molecule has 2 rings (SSSR count). The second kappa shape index (κ2) is 6.15. The number of rotatable bonds is 3. The normalized spacial score (nSPS) is 10.2. The second-order valence-corrected chi connectivity index (χ2v) is 5.21. The lowest BCUT2D eigenvalue weighted by molar-refractivity contribution is 0.102. The molecule has 104 valence electrons. The van der Waals surface area contributed by atoms with Crippen molar-refractivity contribution in [1.82, 2.24) is 0 Å². The van der Waals surface area contributed by atoms with Crippen LogP contribution in [0, 0.1) is 0 Å². The number of carbonyl (C=O) groups is 1. The topological polar surface area (TPSA) is 64.3 Å². The molecule has 20 heavy (non-hydrogen) atoms. The van der Waals surface area contributed by atoms with Crippen molar-refractivity contribution in [2.75, 3.05) is 18.2 Å². The van der Waals surface area contributed by atoms with Gasteiger partial charge in [0, 0.05) is 5.56 Å². The maximum absolute atomic E-state index is 12.2. The molecule has 0 spiro atoms. The molecule has 0 aliphatic carbocycles. The summed E-state index contributed by atoms with van der Waals surface area (Å²) < 4.78 is 5.69. The van der Waals surface area contributed by atoms with E-state index in [0.717, 1.165) is 0 Å². The summed E-state index contributed by atoms with van der Waals surface area (Å²) in [5.41, 5.74) is 7.22. The number of ether oxygens (including phenoxy) is 1. The van der Waals surface area contributed by atoms with Gasteiger partial charge in [-0.1, -0.05) is 17.7 Å². The molecule has 2 aromatic rings. The second-order valence-electron chi connectivity index (χ2n) is 4.01. The molecule has 0 fully saturated rings. The maximum Gasteiger partial charge on any atom is 0.255 e. The van der Waals surface area contributed by atoms with E-state index in [2.05, 4.69) is 21.2 Å².